The van der Waals surface area contributed by atoms with E-state index >= 15 is 0 Å². The highest BCUT2D eigenvalue weighted by Crippen LogP contribution is 2.34. The number of rotatable bonds is 8. The van der Waals surface area contributed by atoms with Gasteiger partial charge >= 0.3 is 0 Å². The fraction of sp³-hybridized carbons (Fsp3) is 0.400. The third-order valence-corrected chi connectivity index (χ3v) is 7.10. The predicted octanol–water partition coefficient (Wildman–Crippen LogP) is 2.47. The number of hydrogen-bond acceptors (Lipinski definition) is 7. The summed E-state index contributed by atoms with van der Waals surface area (Å²) in [6.07, 6.45) is 4.02. The third-order valence-electron chi connectivity index (χ3n) is 5.24. The third kappa shape index (κ3) is 4.08. The van der Waals surface area contributed by atoms with Gasteiger partial charge < -0.3 is 13.9 Å². The van der Waals surface area contributed by atoms with E-state index in [-0.39, 0.29) is 23.7 Å². The van der Waals surface area contributed by atoms with Crippen LogP contribution in [0.3, 0.4) is 0 Å². The Bertz CT molecular complexity index is 1160. The van der Waals surface area contributed by atoms with Crippen LogP contribution in [0.2, 0.25) is 0 Å². The van der Waals surface area contributed by atoms with Gasteiger partial charge in [0, 0.05) is 51.0 Å². The molecule has 166 valence electrons. The molecule has 0 unspecified atom stereocenters. The van der Waals surface area contributed by atoms with Crippen LogP contribution in [0, 0.1) is 5.82 Å². The Balaban J connectivity index is 1.71. The molecule has 0 saturated heterocycles. The second-order valence-electron chi connectivity index (χ2n) is 7.10. The lowest BCUT2D eigenvalue weighted by molar-refractivity contribution is 0.188. The van der Waals surface area contributed by atoms with Crippen LogP contribution >= 0.6 is 0 Å². The molecule has 1 aromatic carbocycles. The minimum absolute atomic E-state index is 0.0871. The van der Waals surface area contributed by atoms with E-state index in [4.69, 9.17) is 13.9 Å². The van der Waals surface area contributed by atoms with Crippen molar-refractivity contribution in [3.05, 3.63) is 47.9 Å². The number of aromatic nitrogens is 3. The van der Waals surface area contributed by atoms with Crippen LogP contribution in [-0.4, -0.2) is 54.9 Å². The van der Waals surface area contributed by atoms with Crippen LogP contribution in [0.25, 0.3) is 11.4 Å². The van der Waals surface area contributed by atoms with E-state index in [1.165, 1.54) is 36.2 Å². The molecule has 0 atom stereocenters. The molecule has 11 heteroatoms. The highest BCUT2D eigenvalue weighted by molar-refractivity contribution is 7.89. The molecule has 0 spiro atoms. The van der Waals surface area contributed by atoms with Gasteiger partial charge in [0.2, 0.25) is 10.0 Å². The molecule has 0 aliphatic carbocycles. The average molecular weight is 450 g/mol. The Morgan fingerprint density at radius 3 is 2.84 bits per heavy atom. The lowest BCUT2D eigenvalue weighted by Crippen LogP contribution is -2.36. The van der Waals surface area contributed by atoms with E-state index in [1.54, 1.807) is 7.11 Å². The van der Waals surface area contributed by atoms with E-state index < -0.39 is 15.8 Å². The zero-order valence-corrected chi connectivity index (χ0v) is 18.1. The van der Waals surface area contributed by atoms with E-state index in [0.29, 0.717) is 31.0 Å². The minimum Gasteiger partial charge on any atom is -0.495 e. The molecule has 0 N–H and O–H groups in total. The number of aryl methyl sites for hydroxylation is 1. The Morgan fingerprint density at radius 1 is 1.29 bits per heavy atom. The van der Waals surface area contributed by atoms with Crippen LogP contribution in [0.1, 0.15) is 17.7 Å². The molecule has 1 aliphatic heterocycles. The van der Waals surface area contributed by atoms with Crippen molar-refractivity contribution < 1.29 is 26.7 Å². The zero-order valence-electron chi connectivity index (χ0n) is 17.2. The second-order valence-corrected chi connectivity index (χ2v) is 9.01. The molecule has 0 amide bonds. The van der Waals surface area contributed by atoms with E-state index in [2.05, 4.69) is 10.1 Å². The Hall–Kier alpha value is -2.76. The molecular weight excluding hydrogens is 427 g/mol. The van der Waals surface area contributed by atoms with Gasteiger partial charge in [-0.25, -0.2) is 17.8 Å². The van der Waals surface area contributed by atoms with Gasteiger partial charge in [-0.15, -0.1) is 0 Å². The molecular formula is C20H23FN4O5S. The SMILES string of the molecule is COCCCn1nc(-c2cocn2)c2c1CCN(S(=O)(=O)c1cc(F)ccc1OC)C2. The van der Waals surface area contributed by atoms with Crippen LogP contribution in [-0.2, 0) is 34.3 Å². The standard InChI is InChI=1S/C20H23FN4O5S/c1-28-9-3-7-25-17-6-8-24(11-15(17)20(23-25)16-12-30-13-22-16)31(26,27)19-10-14(21)4-5-18(19)29-2/h4-5,10,12-13H,3,6-9,11H2,1-2H3. The normalized spacial score (nSPS) is 14.5. The first-order valence-corrected chi connectivity index (χ1v) is 11.2. The van der Waals surface area contributed by atoms with E-state index in [0.717, 1.165) is 23.7 Å². The van der Waals surface area contributed by atoms with Crippen molar-refractivity contribution in [1.82, 2.24) is 19.1 Å². The summed E-state index contributed by atoms with van der Waals surface area (Å²) in [7, 11) is -1.00. The van der Waals surface area contributed by atoms with Gasteiger partial charge in [0.1, 0.15) is 34.1 Å². The maximum Gasteiger partial charge on any atom is 0.247 e. The molecule has 0 bridgehead atoms. The summed E-state index contributed by atoms with van der Waals surface area (Å²) in [6.45, 7) is 1.55. The Kier molecular flexibility index (Phi) is 6.08. The number of methoxy groups -OCH3 is 2. The molecule has 3 heterocycles. The lowest BCUT2D eigenvalue weighted by Gasteiger charge is -2.27. The summed E-state index contributed by atoms with van der Waals surface area (Å²) in [5.41, 5.74) is 2.82. The van der Waals surface area contributed by atoms with Gasteiger partial charge in [0.05, 0.1) is 7.11 Å². The summed E-state index contributed by atoms with van der Waals surface area (Å²) in [5, 5.41) is 4.68. The maximum atomic E-state index is 13.8. The van der Waals surface area contributed by atoms with Gasteiger partial charge in [-0.3, -0.25) is 4.68 Å². The molecule has 3 aromatic rings. The van der Waals surface area contributed by atoms with Crippen LogP contribution in [0.5, 0.6) is 5.75 Å². The van der Waals surface area contributed by atoms with E-state index in [9.17, 15) is 12.8 Å². The number of benzene rings is 1. The van der Waals surface area contributed by atoms with Crippen LogP contribution in [0.4, 0.5) is 4.39 Å². The van der Waals surface area contributed by atoms with Crippen molar-refractivity contribution in [1.29, 1.82) is 0 Å². The number of sulfonamides is 1. The van der Waals surface area contributed by atoms with Crippen molar-refractivity contribution >= 4 is 10.0 Å². The quantitative estimate of drug-likeness (QED) is 0.486. The summed E-state index contributed by atoms with van der Waals surface area (Å²) in [4.78, 5) is 3.98. The van der Waals surface area contributed by atoms with Crippen LogP contribution < -0.4 is 4.74 Å². The van der Waals surface area contributed by atoms with Crippen molar-refractivity contribution in [2.24, 2.45) is 0 Å². The molecule has 9 nitrogen and oxygen atoms in total. The van der Waals surface area contributed by atoms with Gasteiger partial charge in [0.25, 0.3) is 0 Å². The van der Waals surface area contributed by atoms with E-state index in [1.807, 2.05) is 4.68 Å². The zero-order chi connectivity index (χ0) is 22.0. The number of hydrogen-bond donors (Lipinski definition) is 0. The Labute approximate surface area is 179 Å². The van der Waals surface area contributed by atoms with Crippen molar-refractivity contribution in [3.8, 4) is 17.1 Å². The summed E-state index contributed by atoms with van der Waals surface area (Å²) < 4.78 is 59.1. The molecule has 2 aromatic heterocycles. The molecule has 4 rings (SSSR count). The van der Waals surface area contributed by atoms with Gasteiger partial charge in [0.15, 0.2) is 6.39 Å². The summed E-state index contributed by atoms with van der Waals surface area (Å²) in [5.74, 6) is -0.550. The highest BCUT2D eigenvalue weighted by atomic mass is 32.2. The number of ether oxygens (including phenoxy) is 2. The lowest BCUT2D eigenvalue weighted by atomic mass is 10.1. The molecule has 31 heavy (non-hydrogen) atoms. The summed E-state index contributed by atoms with van der Waals surface area (Å²) in [6, 6.07) is 3.46. The predicted molar refractivity (Wildman–Crippen MR) is 108 cm³/mol. The van der Waals surface area contributed by atoms with Crippen molar-refractivity contribution in [2.75, 3.05) is 27.4 Å². The summed E-state index contributed by atoms with van der Waals surface area (Å²) >= 11 is 0. The molecule has 0 radical (unpaired) electrons. The largest absolute Gasteiger partial charge is 0.495 e. The minimum atomic E-state index is -4.00. The molecule has 0 fully saturated rings. The maximum absolute atomic E-state index is 13.8. The fourth-order valence-corrected chi connectivity index (χ4v) is 5.32. The number of fused-ring (bicyclic) bond motifs is 1. The first-order chi connectivity index (χ1) is 15.0. The van der Waals surface area contributed by atoms with Crippen LogP contribution in [0.15, 0.2) is 40.2 Å². The topological polar surface area (TPSA) is 99.7 Å². The number of oxazole rings is 1. The first kappa shape index (κ1) is 21.5. The number of halogens is 1. The highest BCUT2D eigenvalue weighted by Gasteiger charge is 2.35. The monoisotopic (exact) mass is 450 g/mol. The van der Waals surface area contributed by atoms with Gasteiger partial charge in [-0.2, -0.15) is 9.40 Å². The van der Waals surface area contributed by atoms with Crippen molar-refractivity contribution in [2.45, 2.75) is 30.8 Å². The smallest absolute Gasteiger partial charge is 0.247 e. The second kappa shape index (κ2) is 8.77. The van der Waals surface area contributed by atoms with Crippen molar-refractivity contribution in [3.63, 3.8) is 0 Å². The molecule has 0 saturated carbocycles. The molecule has 1 aliphatic rings. The fourth-order valence-electron chi connectivity index (χ4n) is 3.74. The van der Waals surface area contributed by atoms with Gasteiger partial charge in [-0.1, -0.05) is 0 Å². The average Bonchev–Trinajstić information content (AvgIpc) is 3.42. The van der Waals surface area contributed by atoms with Gasteiger partial charge in [-0.05, 0) is 24.6 Å². The first-order valence-electron chi connectivity index (χ1n) is 9.75. The Morgan fingerprint density at radius 2 is 2.13 bits per heavy atom. The number of nitrogens with zero attached hydrogens (tertiary/aromatic N) is 4.